The number of hydrogen-bond donors (Lipinski definition) is 1. The van der Waals surface area contributed by atoms with E-state index in [1.807, 2.05) is 74.5 Å². The van der Waals surface area contributed by atoms with Crippen LogP contribution in [0.1, 0.15) is 47.9 Å². The fraction of sp³-hybridized carbons (Fsp3) is 0.375. The summed E-state index contributed by atoms with van der Waals surface area (Å²) >= 11 is 3.51. The lowest BCUT2D eigenvalue weighted by Crippen LogP contribution is -2.54. The Balaban J connectivity index is 1.74. The molecule has 1 fully saturated rings. The van der Waals surface area contributed by atoms with Crippen LogP contribution >= 0.6 is 15.9 Å². The minimum Gasteiger partial charge on any atom is -0.352 e. The lowest BCUT2D eigenvalue weighted by atomic mass is 10.0. The second-order valence-electron chi connectivity index (χ2n) is 10.8. The summed E-state index contributed by atoms with van der Waals surface area (Å²) in [5.41, 5.74) is 3.91. The predicted molar refractivity (Wildman–Crippen MR) is 167 cm³/mol. The Kier molecular flexibility index (Phi) is 10.3. The van der Waals surface area contributed by atoms with E-state index in [9.17, 15) is 18.0 Å². The number of carbonyl (C=O) groups is 2. The van der Waals surface area contributed by atoms with Gasteiger partial charge < -0.3 is 10.2 Å². The first-order valence-corrected chi connectivity index (χ1v) is 16.6. The highest BCUT2D eigenvalue weighted by Crippen LogP contribution is 2.26. The van der Waals surface area contributed by atoms with Crippen molar-refractivity contribution >= 4 is 43.5 Å². The maximum absolute atomic E-state index is 14.3. The molecule has 2 amide bonds. The number of anilines is 1. The van der Waals surface area contributed by atoms with Gasteiger partial charge in [0.05, 0.1) is 11.9 Å². The molecule has 1 saturated carbocycles. The van der Waals surface area contributed by atoms with Gasteiger partial charge in [0.2, 0.25) is 21.8 Å². The summed E-state index contributed by atoms with van der Waals surface area (Å²) in [6.07, 6.45) is 5.37. The summed E-state index contributed by atoms with van der Waals surface area (Å²) in [7, 11) is -3.81. The van der Waals surface area contributed by atoms with E-state index in [0.717, 1.165) is 63.0 Å². The normalized spacial score (nSPS) is 14.4. The molecule has 1 aliphatic carbocycles. The van der Waals surface area contributed by atoms with Crippen LogP contribution in [0, 0.1) is 13.8 Å². The van der Waals surface area contributed by atoms with Crippen LogP contribution in [0.2, 0.25) is 0 Å². The molecule has 0 heterocycles. The molecule has 218 valence electrons. The zero-order chi connectivity index (χ0) is 29.6. The van der Waals surface area contributed by atoms with Crippen molar-refractivity contribution < 1.29 is 18.0 Å². The lowest BCUT2D eigenvalue weighted by Gasteiger charge is -2.34. The average Bonchev–Trinajstić information content (AvgIpc) is 3.44. The Hall–Kier alpha value is -3.17. The monoisotopic (exact) mass is 639 g/mol. The molecular weight excluding hydrogens is 602 g/mol. The number of amides is 2. The van der Waals surface area contributed by atoms with Gasteiger partial charge in [-0.05, 0) is 67.1 Å². The summed E-state index contributed by atoms with van der Waals surface area (Å²) in [5, 5.41) is 3.19. The quantitative estimate of drug-likeness (QED) is 0.299. The average molecular weight is 641 g/mol. The Morgan fingerprint density at radius 3 is 2.27 bits per heavy atom. The van der Waals surface area contributed by atoms with Gasteiger partial charge in [0, 0.05) is 23.5 Å². The Morgan fingerprint density at radius 1 is 0.951 bits per heavy atom. The molecule has 1 aliphatic rings. The summed E-state index contributed by atoms with van der Waals surface area (Å²) < 4.78 is 28.1. The highest BCUT2D eigenvalue weighted by Gasteiger charge is 2.34. The number of aryl methyl sites for hydroxylation is 1. The van der Waals surface area contributed by atoms with Crippen molar-refractivity contribution in [2.24, 2.45) is 0 Å². The Labute approximate surface area is 252 Å². The molecule has 0 radical (unpaired) electrons. The molecule has 0 aromatic heterocycles. The van der Waals surface area contributed by atoms with Crippen LogP contribution in [0.25, 0.3) is 0 Å². The molecule has 9 heteroatoms. The first-order chi connectivity index (χ1) is 19.5. The van der Waals surface area contributed by atoms with Gasteiger partial charge in [-0.3, -0.25) is 13.9 Å². The van der Waals surface area contributed by atoms with E-state index in [0.29, 0.717) is 12.1 Å². The highest BCUT2D eigenvalue weighted by molar-refractivity contribution is 9.10. The van der Waals surface area contributed by atoms with Gasteiger partial charge in [0.15, 0.2) is 0 Å². The second-order valence-corrected chi connectivity index (χ2v) is 13.7. The van der Waals surface area contributed by atoms with E-state index < -0.39 is 28.5 Å². The zero-order valence-electron chi connectivity index (χ0n) is 23.8. The first-order valence-electron chi connectivity index (χ1n) is 13.9. The maximum Gasteiger partial charge on any atom is 0.244 e. The predicted octanol–water partition coefficient (Wildman–Crippen LogP) is 5.53. The van der Waals surface area contributed by atoms with Gasteiger partial charge in [-0.15, -0.1) is 0 Å². The van der Waals surface area contributed by atoms with Crippen LogP contribution in [0.5, 0.6) is 0 Å². The zero-order valence-corrected chi connectivity index (χ0v) is 26.2. The Morgan fingerprint density at radius 2 is 1.61 bits per heavy atom. The fourth-order valence-electron chi connectivity index (χ4n) is 5.35. The number of sulfonamides is 1. The van der Waals surface area contributed by atoms with E-state index in [1.165, 1.54) is 0 Å². The molecule has 0 bridgehead atoms. The molecule has 7 nitrogen and oxygen atoms in total. The third-order valence-corrected chi connectivity index (χ3v) is 9.36. The number of benzene rings is 3. The van der Waals surface area contributed by atoms with E-state index in [2.05, 4.69) is 21.2 Å². The van der Waals surface area contributed by atoms with Crippen molar-refractivity contribution in [2.45, 2.75) is 64.6 Å². The fourth-order valence-corrected chi connectivity index (χ4v) is 6.70. The van der Waals surface area contributed by atoms with Crippen LogP contribution < -0.4 is 9.62 Å². The number of hydrogen-bond acceptors (Lipinski definition) is 4. The molecule has 3 aromatic carbocycles. The summed E-state index contributed by atoms with van der Waals surface area (Å²) in [6.45, 7) is 3.49. The molecule has 4 rings (SSSR count). The molecule has 1 atom stereocenters. The minimum absolute atomic E-state index is 0.0751. The van der Waals surface area contributed by atoms with E-state index >= 15 is 0 Å². The first kappa shape index (κ1) is 30.8. The molecule has 1 N–H and O–H groups in total. The van der Waals surface area contributed by atoms with Crippen molar-refractivity contribution in [1.82, 2.24) is 10.2 Å². The summed E-state index contributed by atoms with van der Waals surface area (Å²) in [4.78, 5) is 29.7. The Bertz CT molecular complexity index is 1470. The van der Waals surface area contributed by atoms with Gasteiger partial charge in [-0.2, -0.15) is 0 Å². The van der Waals surface area contributed by atoms with Gasteiger partial charge in [0.25, 0.3) is 0 Å². The van der Waals surface area contributed by atoms with Gasteiger partial charge in [-0.1, -0.05) is 83.4 Å². The largest absolute Gasteiger partial charge is 0.352 e. The highest BCUT2D eigenvalue weighted by atomic mass is 79.9. The van der Waals surface area contributed by atoms with Crippen molar-refractivity contribution in [3.05, 3.63) is 99.5 Å². The van der Waals surface area contributed by atoms with Crippen molar-refractivity contribution in [3.8, 4) is 0 Å². The molecule has 0 unspecified atom stereocenters. The van der Waals surface area contributed by atoms with Crippen LogP contribution in [-0.4, -0.2) is 50.0 Å². The lowest BCUT2D eigenvalue weighted by molar-refractivity contribution is -0.140. The second kappa shape index (κ2) is 13.7. The number of halogens is 1. The molecule has 0 aliphatic heterocycles. The number of rotatable bonds is 11. The summed E-state index contributed by atoms with van der Waals surface area (Å²) in [6, 6.07) is 21.9. The topological polar surface area (TPSA) is 86.8 Å². The number of nitrogens with one attached hydrogen (secondary N) is 1. The molecule has 0 saturated heterocycles. The molecule has 41 heavy (non-hydrogen) atoms. The molecule has 0 spiro atoms. The van der Waals surface area contributed by atoms with Gasteiger partial charge in [-0.25, -0.2) is 8.42 Å². The molecule has 3 aromatic rings. The standard InChI is InChI=1S/C32H38BrN3O4S/c1-23-11-9-18-29(24(23)2)36(41(3,39)40)22-31(37)35(21-26-14-10-15-27(33)19-26)30(20-25-12-5-4-6-13-25)32(38)34-28-16-7-8-17-28/h4-6,9-15,18-19,28,30H,7-8,16-17,20-22H2,1-3H3,(H,34,38)/t30-/m1/s1. The number of carbonyl (C=O) groups excluding carboxylic acids is 2. The van der Waals surface area contributed by atoms with Crippen LogP contribution in [-0.2, 0) is 32.6 Å². The smallest absolute Gasteiger partial charge is 0.244 e. The maximum atomic E-state index is 14.3. The van der Waals surface area contributed by atoms with Crippen molar-refractivity contribution in [1.29, 1.82) is 0 Å². The minimum atomic E-state index is -3.81. The van der Waals surface area contributed by atoms with Crippen molar-refractivity contribution in [2.75, 3.05) is 17.1 Å². The summed E-state index contributed by atoms with van der Waals surface area (Å²) in [5.74, 6) is -0.666. The van der Waals surface area contributed by atoms with Crippen LogP contribution in [0.3, 0.4) is 0 Å². The SMILES string of the molecule is Cc1cccc(N(CC(=O)N(Cc2cccc(Br)c2)[C@H](Cc2ccccc2)C(=O)NC2CCCC2)S(C)(=O)=O)c1C. The number of nitrogens with zero attached hydrogens (tertiary/aromatic N) is 2. The van der Waals surface area contributed by atoms with Gasteiger partial charge >= 0.3 is 0 Å². The third kappa shape index (κ3) is 8.20. The van der Waals surface area contributed by atoms with E-state index in [1.54, 1.807) is 17.0 Å². The van der Waals surface area contributed by atoms with Crippen LogP contribution in [0.4, 0.5) is 5.69 Å². The van der Waals surface area contributed by atoms with Crippen LogP contribution in [0.15, 0.2) is 77.3 Å². The van der Waals surface area contributed by atoms with E-state index in [-0.39, 0.29) is 18.5 Å². The van der Waals surface area contributed by atoms with Gasteiger partial charge in [0.1, 0.15) is 12.6 Å². The van der Waals surface area contributed by atoms with E-state index in [4.69, 9.17) is 0 Å². The molecular formula is C32H38BrN3O4S. The third-order valence-electron chi connectivity index (χ3n) is 7.74. The van der Waals surface area contributed by atoms with Crippen molar-refractivity contribution in [3.63, 3.8) is 0 Å².